The fraction of sp³-hybridized carbons (Fsp3) is 0. The van der Waals surface area contributed by atoms with Gasteiger partial charge in [0.2, 0.25) is 0 Å². The first-order valence-corrected chi connectivity index (χ1v) is 0.775. The molecule has 0 aliphatic heterocycles. The molecule has 0 unspecified atom stereocenters. The van der Waals surface area contributed by atoms with E-state index in [-0.39, 0.29) is 89.0 Å². The van der Waals surface area contributed by atoms with Crippen LogP contribution in [0.4, 0.5) is 0 Å². The van der Waals surface area contributed by atoms with E-state index in [1.165, 1.54) is 0 Å². The molecule has 0 aliphatic carbocycles. The first kappa shape index (κ1) is 31.4. The molecule has 8 heavy (non-hydrogen) atoms. The summed E-state index contributed by atoms with van der Waals surface area (Å²) in [7, 11) is -2.17. The SMILES string of the molecule is O.OB(O)O.[Ca+2].[H-].[H-].[H-].[H-].[Mg+2].[Mn]. The van der Waals surface area contributed by atoms with Gasteiger partial charge >= 0.3 is 68.1 Å². The Kier molecular flexibility index (Phi) is 89.2. The van der Waals surface area contributed by atoms with Crippen LogP contribution >= 0.6 is 0 Å². The second-order valence-corrected chi connectivity index (χ2v) is 0.346. The summed E-state index contributed by atoms with van der Waals surface area (Å²) in [5.74, 6) is 0. The molecule has 1 radical (unpaired) electrons. The average Bonchev–Trinajstić information content (AvgIpc) is 0.811. The van der Waals surface area contributed by atoms with Crippen molar-refractivity contribution in [1.82, 2.24) is 0 Å². The van der Waals surface area contributed by atoms with Gasteiger partial charge in [0.25, 0.3) is 0 Å². The molecule has 47 valence electrons. The van der Waals surface area contributed by atoms with Crippen molar-refractivity contribution in [1.29, 1.82) is 0 Å². The van der Waals surface area contributed by atoms with Gasteiger partial charge in [-0.1, -0.05) is 0 Å². The smallest absolute Gasteiger partial charge is 1.00 e. The van der Waals surface area contributed by atoms with E-state index in [0.717, 1.165) is 0 Å². The Labute approximate surface area is 110 Å². The Morgan fingerprint density at radius 2 is 1.12 bits per heavy atom. The molecule has 0 aromatic rings. The van der Waals surface area contributed by atoms with Crippen molar-refractivity contribution in [3.05, 3.63) is 0 Å². The third-order valence-electron chi connectivity index (χ3n) is 0. The monoisotopic (exact) mass is 203 g/mol. The normalized spacial score (nSPS) is 3.38. The Morgan fingerprint density at radius 1 is 1.12 bits per heavy atom. The van der Waals surface area contributed by atoms with Gasteiger partial charge in [0, 0.05) is 17.1 Å². The van der Waals surface area contributed by atoms with Crippen LogP contribution in [0.15, 0.2) is 0 Å². The summed E-state index contributed by atoms with van der Waals surface area (Å²) >= 11 is 0. The Bertz CT molecular complexity index is 31.8. The second kappa shape index (κ2) is 22.7. The zero-order chi connectivity index (χ0) is 3.58. The molecule has 8 heteroatoms. The van der Waals surface area contributed by atoms with Crippen LogP contribution in [0.5, 0.6) is 0 Å². The Hall–Kier alpha value is 2.45. The molecule has 0 heterocycles. The summed E-state index contributed by atoms with van der Waals surface area (Å²) in [4.78, 5) is 0. The van der Waals surface area contributed by atoms with Crippen LogP contribution in [0.3, 0.4) is 0 Å². The largest absolute Gasteiger partial charge is 2.00 e. The summed E-state index contributed by atoms with van der Waals surface area (Å²) < 4.78 is 0. The third-order valence-corrected chi connectivity index (χ3v) is 0. The van der Waals surface area contributed by atoms with Crippen molar-refractivity contribution in [2.45, 2.75) is 0 Å². The fourth-order valence-electron chi connectivity index (χ4n) is 0. The maximum absolute atomic E-state index is 7.17. The van der Waals surface area contributed by atoms with Gasteiger partial charge in [0.05, 0.1) is 0 Å². The van der Waals surface area contributed by atoms with Crippen LogP contribution in [0.25, 0.3) is 0 Å². The zero-order valence-electron chi connectivity index (χ0n) is 8.21. The van der Waals surface area contributed by atoms with Crippen molar-refractivity contribution in [2.75, 3.05) is 0 Å². The predicted molar refractivity (Wildman–Crippen MR) is 32.0 cm³/mol. The summed E-state index contributed by atoms with van der Waals surface area (Å²) in [6, 6.07) is 0. The molecule has 5 N–H and O–H groups in total. The average molecular weight is 203 g/mol. The third kappa shape index (κ3) is 78.1. The summed E-state index contributed by atoms with van der Waals surface area (Å²) in [6.45, 7) is 0. The fourth-order valence-corrected chi connectivity index (χ4v) is 0. The molecule has 0 rings (SSSR count). The predicted octanol–water partition coefficient (Wildman–Crippen LogP) is -3.19. The molecule has 0 spiro atoms. The maximum atomic E-state index is 7.17. The van der Waals surface area contributed by atoms with Crippen LogP contribution in [0.2, 0.25) is 0 Å². The molecular weight excluding hydrogens is 194 g/mol. The molecule has 0 fully saturated rings. The summed E-state index contributed by atoms with van der Waals surface area (Å²) in [5, 5.41) is 21.5. The van der Waals surface area contributed by atoms with Gasteiger partial charge in [0.15, 0.2) is 0 Å². The van der Waals surface area contributed by atoms with E-state index >= 15 is 0 Å². The minimum absolute atomic E-state index is 0. The van der Waals surface area contributed by atoms with Crippen LogP contribution in [0, 0.1) is 0 Å². The summed E-state index contributed by atoms with van der Waals surface area (Å²) in [5.41, 5.74) is 0. The summed E-state index contributed by atoms with van der Waals surface area (Å²) in [6.07, 6.45) is 0. The van der Waals surface area contributed by atoms with Crippen molar-refractivity contribution in [3.8, 4) is 0 Å². The molecule has 0 aromatic heterocycles. The van der Waals surface area contributed by atoms with E-state index in [1.807, 2.05) is 0 Å². The van der Waals surface area contributed by atoms with Gasteiger partial charge in [-0.05, 0) is 0 Å². The standard InChI is InChI=1S/BH3O3.Ca.Mg.Mn.H2O.4H/c2-1(3)4;;;;;;;;/h2-4H;;;;1H2;;;;/q;2*+2;;;4*-1. The van der Waals surface area contributed by atoms with E-state index in [9.17, 15) is 0 Å². The van der Waals surface area contributed by atoms with Crippen molar-refractivity contribution in [3.63, 3.8) is 0 Å². The van der Waals surface area contributed by atoms with E-state index in [0.29, 0.717) is 0 Å². The number of hydrogen-bond acceptors (Lipinski definition) is 3. The molecule has 0 aromatic carbocycles. The van der Waals surface area contributed by atoms with Crippen molar-refractivity contribution < 1.29 is 43.3 Å². The van der Waals surface area contributed by atoms with E-state index in [1.54, 1.807) is 0 Å². The number of hydrogen-bond donors (Lipinski definition) is 3. The van der Waals surface area contributed by atoms with Crippen LogP contribution < -0.4 is 0 Å². The van der Waals surface area contributed by atoms with E-state index < -0.39 is 7.32 Å². The van der Waals surface area contributed by atoms with Crippen molar-refractivity contribution in [2.24, 2.45) is 0 Å². The van der Waals surface area contributed by atoms with Gasteiger partial charge in [-0.15, -0.1) is 0 Å². The minimum atomic E-state index is -2.17. The molecule has 4 nitrogen and oxygen atoms in total. The van der Waals surface area contributed by atoms with Gasteiger partial charge in [0.1, 0.15) is 0 Å². The van der Waals surface area contributed by atoms with Crippen molar-refractivity contribution >= 4 is 68.1 Å². The van der Waals surface area contributed by atoms with Gasteiger partial charge in [-0.3, -0.25) is 0 Å². The molecular formula is H9BCaMgMnO4. The van der Waals surface area contributed by atoms with Gasteiger partial charge in [-0.25, -0.2) is 0 Å². The molecule has 0 aliphatic rings. The first-order chi connectivity index (χ1) is 1.73. The molecule has 0 amide bonds. The zero-order valence-corrected chi connectivity index (χ0v) is 9.01. The second-order valence-electron chi connectivity index (χ2n) is 0.346. The van der Waals surface area contributed by atoms with Gasteiger partial charge < -0.3 is 26.3 Å². The molecule has 0 saturated carbocycles. The van der Waals surface area contributed by atoms with Crippen LogP contribution in [-0.4, -0.2) is 88.7 Å². The molecule has 0 bridgehead atoms. The molecule has 0 atom stereocenters. The molecule has 0 saturated heterocycles. The quantitative estimate of drug-likeness (QED) is 0.362. The maximum Gasteiger partial charge on any atom is 2.00 e. The first-order valence-electron chi connectivity index (χ1n) is 0.775. The van der Waals surface area contributed by atoms with Crippen LogP contribution in [0.1, 0.15) is 5.71 Å². The number of rotatable bonds is 0. The Balaban J connectivity index is -0.00000000161. The topological polar surface area (TPSA) is 92.2 Å². The van der Waals surface area contributed by atoms with E-state index in [2.05, 4.69) is 0 Å². The van der Waals surface area contributed by atoms with Gasteiger partial charge in [-0.2, -0.15) is 0 Å². The van der Waals surface area contributed by atoms with E-state index in [4.69, 9.17) is 15.1 Å². The Morgan fingerprint density at radius 3 is 1.12 bits per heavy atom. The van der Waals surface area contributed by atoms with Crippen LogP contribution in [-0.2, 0) is 17.1 Å². The minimum Gasteiger partial charge on any atom is -1.00 e.